The Morgan fingerprint density at radius 2 is 1.28 bits per heavy atom. The van der Waals surface area contributed by atoms with Crippen LogP contribution in [-0.4, -0.2) is 14.3 Å². The van der Waals surface area contributed by atoms with Gasteiger partial charge in [-0.05, 0) is 12.1 Å². The fourth-order valence-electron chi connectivity index (χ4n) is 1.24. The molecule has 1 aromatic carbocycles. The van der Waals surface area contributed by atoms with Crippen molar-refractivity contribution in [3.8, 4) is 0 Å². The first-order chi connectivity index (χ1) is 9.32. The van der Waals surface area contributed by atoms with Crippen molar-refractivity contribution in [2.75, 3.05) is 0 Å². The van der Waals surface area contributed by atoms with Gasteiger partial charge >= 0.3 is 118 Å². The molecule has 0 aromatic heterocycles. The van der Waals surface area contributed by atoms with Crippen LogP contribution in [0.5, 0.6) is 0 Å². The number of phosphoric acid groups is 2. The van der Waals surface area contributed by atoms with Gasteiger partial charge < -0.3 is 33.0 Å². The maximum atomic E-state index is 11.1. The minimum absolute atomic E-state index is 0. The zero-order chi connectivity index (χ0) is 16.5. The third-order valence-electron chi connectivity index (χ3n) is 1.85. The Bertz CT molecular complexity index is 742. The van der Waals surface area contributed by atoms with E-state index in [0.29, 0.717) is 0 Å². The number of nitrogens with one attached hydrogen (secondary N) is 1. The second kappa shape index (κ2) is 14.0. The van der Waals surface area contributed by atoms with Crippen molar-refractivity contribution in [3.05, 3.63) is 29.8 Å². The molecule has 1 amide bonds. The molecule has 11 nitrogen and oxygen atoms in total. The normalized spacial score (nSPS) is 13.8. The van der Waals surface area contributed by atoms with Crippen LogP contribution in [0.2, 0.25) is 0 Å². The van der Waals surface area contributed by atoms with Crippen LogP contribution in [-0.2, 0) is 23.5 Å². The average Bonchev–Trinajstić information content (AvgIpc) is 2.46. The Morgan fingerprint density at radius 1 is 0.880 bits per heavy atom. The molecule has 0 unspecified atom stereocenters. The first kappa shape index (κ1) is 35.3. The maximum Gasteiger partial charge on any atom is 1.00 e. The Balaban J connectivity index is -0.000000157. The Hall–Kier alpha value is 2.90. The van der Waals surface area contributed by atoms with E-state index in [1.807, 2.05) is 4.72 Å². The molecular formula is C7H5NNa4O10P2S. The van der Waals surface area contributed by atoms with Gasteiger partial charge in [-0.2, -0.15) is 0 Å². The van der Waals surface area contributed by atoms with Crippen molar-refractivity contribution in [2.45, 2.75) is 4.90 Å². The van der Waals surface area contributed by atoms with Crippen molar-refractivity contribution in [3.63, 3.8) is 0 Å². The summed E-state index contributed by atoms with van der Waals surface area (Å²) in [6.07, 6.45) is 0. The van der Waals surface area contributed by atoms with E-state index in [4.69, 9.17) is 0 Å². The number of sulfonamides is 1. The molecule has 0 aliphatic carbocycles. The molecule has 0 radical (unpaired) electrons. The van der Waals surface area contributed by atoms with E-state index >= 15 is 0 Å². The number of hydrogen-bond acceptors (Lipinski definition) is 10. The number of rotatable bonds is 2. The van der Waals surface area contributed by atoms with Crippen molar-refractivity contribution >= 4 is 31.6 Å². The summed E-state index contributed by atoms with van der Waals surface area (Å²) in [7, 11) is -14.9. The standard InChI is InChI=1S/C7H5NO3S.4Na.H4O7P2/c9-7-5-3-1-2-4-6(5)12(10,11)8-7;;;;;1-8(2,3)7-9(4,5)6/h1-4H,(H,8,9);;;;;(H2,1,2,3)(H2,4,5,6)/q;4*+1;/p-4. The summed E-state index contributed by atoms with van der Waals surface area (Å²) in [5, 5.41) is 0. The molecule has 25 heavy (non-hydrogen) atoms. The third-order valence-corrected chi connectivity index (χ3v) is 4.84. The number of carbonyl (C=O) groups is 1. The largest absolute Gasteiger partial charge is 1.00 e. The summed E-state index contributed by atoms with van der Waals surface area (Å²) in [5.41, 5.74) is 0.220. The van der Waals surface area contributed by atoms with Crippen molar-refractivity contribution in [1.82, 2.24) is 4.72 Å². The van der Waals surface area contributed by atoms with Crippen molar-refractivity contribution in [2.24, 2.45) is 0 Å². The Kier molecular flexibility index (Phi) is 19.8. The van der Waals surface area contributed by atoms with E-state index < -0.39 is 31.6 Å². The molecule has 0 saturated carbocycles. The van der Waals surface area contributed by atoms with Gasteiger partial charge in [-0.25, -0.2) is 13.1 Å². The van der Waals surface area contributed by atoms with E-state index in [1.165, 1.54) is 12.1 Å². The summed E-state index contributed by atoms with van der Waals surface area (Å²) < 4.78 is 45.3. The summed E-state index contributed by atoms with van der Waals surface area (Å²) in [6.45, 7) is 0. The minimum Gasteiger partial charge on any atom is -0.790 e. The first-order valence-electron chi connectivity index (χ1n) is 4.73. The van der Waals surface area contributed by atoms with Crippen LogP contribution in [0.15, 0.2) is 29.2 Å². The first-order valence-corrected chi connectivity index (χ1v) is 9.14. The fraction of sp³-hybridized carbons (Fsp3) is 0. The number of fused-ring (bicyclic) bond motifs is 1. The van der Waals surface area contributed by atoms with Gasteiger partial charge in [0.05, 0.1) is 21.2 Å². The van der Waals surface area contributed by atoms with Gasteiger partial charge in [0.15, 0.2) is 0 Å². The molecule has 0 spiro atoms. The molecule has 2 rings (SSSR count). The Morgan fingerprint density at radius 3 is 1.60 bits per heavy atom. The van der Waals surface area contributed by atoms with E-state index in [1.54, 1.807) is 12.1 Å². The molecule has 1 aromatic rings. The van der Waals surface area contributed by atoms with E-state index in [0.717, 1.165) is 0 Å². The van der Waals surface area contributed by atoms with Gasteiger partial charge in [-0.15, -0.1) is 0 Å². The van der Waals surface area contributed by atoms with E-state index in [9.17, 15) is 41.9 Å². The quantitative estimate of drug-likeness (QED) is 0.334. The molecule has 0 bridgehead atoms. The molecule has 0 saturated heterocycles. The van der Waals surface area contributed by atoms with Crippen LogP contribution in [0.4, 0.5) is 0 Å². The summed E-state index contributed by atoms with van der Waals surface area (Å²) >= 11 is 0. The summed E-state index contributed by atoms with van der Waals surface area (Å²) in [4.78, 5) is 48.4. The van der Waals surface area contributed by atoms with Crippen LogP contribution in [0, 0.1) is 0 Å². The van der Waals surface area contributed by atoms with Crippen LogP contribution < -0.4 is 143 Å². The van der Waals surface area contributed by atoms with Crippen LogP contribution in [0.3, 0.4) is 0 Å². The zero-order valence-electron chi connectivity index (χ0n) is 13.7. The SMILES string of the molecule is O=C1NS(=O)(=O)c2ccccc21.O=P([O-])([O-])OP(=O)([O-])[O-].[Na+].[Na+].[Na+].[Na+]. The fourth-order valence-corrected chi connectivity index (χ4v) is 3.39. The number of carbonyl (C=O) groups excluding carboxylic acids is 1. The predicted molar refractivity (Wildman–Crippen MR) is 57.4 cm³/mol. The third kappa shape index (κ3) is 13.7. The van der Waals surface area contributed by atoms with Gasteiger partial charge in [-0.3, -0.25) is 4.79 Å². The van der Waals surface area contributed by atoms with Crippen LogP contribution >= 0.6 is 15.6 Å². The molecule has 0 atom stereocenters. The summed E-state index contributed by atoms with van der Waals surface area (Å²) in [5.74, 6) is -0.550. The predicted octanol–water partition coefficient (Wildman–Crippen LogP) is -15.2. The number of hydrogen-bond donors (Lipinski definition) is 1. The van der Waals surface area contributed by atoms with E-state index in [2.05, 4.69) is 4.31 Å². The van der Waals surface area contributed by atoms with Gasteiger partial charge in [0.2, 0.25) is 0 Å². The zero-order valence-corrected chi connectivity index (χ0v) is 24.3. The van der Waals surface area contributed by atoms with Crippen LogP contribution in [0.25, 0.3) is 0 Å². The van der Waals surface area contributed by atoms with Gasteiger partial charge in [-0.1, -0.05) is 12.1 Å². The molecule has 1 N–H and O–H groups in total. The number of amides is 1. The van der Waals surface area contributed by atoms with Gasteiger partial charge in [0.25, 0.3) is 15.9 Å². The van der Waals surface area contributed by atoms with Gasteiger partial charge in [0.1, 0.15) is 4.90 Å². The second-order valence-corrected chi connectivity index (χ2v) is 7.50. The van der Waals surface area contributed by atoms with Gasteiger partial charge in [0, 0.05) is 0 Å². The van der Waals surface area contributed by atoms with Crippen molar-refractivity contribution < 1.29 is 164 Å². The minimum atomic E-state index is -5.68. The monoisotopic (exact) mass is 449 g/mol. The summed E-state index contributed by atoms with van der Waals surface area (Å²) in [6, 6.07) is 6.09. The Labute approximate surface area is 231 Å². The number of benzene rings is 1. The van der Waals surface area contributed by atoms with E-state index in [-0.39, 0.29) is 129 Å². The average molecular weight is 449 g/mol. The second-order valence-electron chi connectivity index (χ2n) is 3.41. The molecule has 18 heteroatoms. The molecule has 1 aliphatic rings. The molecule has 0 fully saturated rings. The molecule has 1 heterocycles. The molecule has 118 valence electrons. The van der Waals surface area contributed by atoms with Crippen molar-refractivity contribution in [1.29, 1.82) is 0 Å². The molecule has 1 aliphatic heterocycles. The maximum absolute atomic E-state index is 11.1. The molecular weight excluding hydrogens is 444 g/mol. The topological polar surface area (TPSA) is 199 Å². The van der Waals surface area contributed by atoms with Crippen LogP contribution in [0.1, 0.15) is 10.4 Å². The smallest absolute Gasteiger partial charge is 0.790 e.